The Kier molecular flexibility index (Phi) is 6.92. The molecular weight excluding hydrogens is 456 g/mol. The molecule has 0 spiro atoms. The van der Waals surface area contributed by atoms with Gasteiger partial charge in [0.2, 0.25) is 5.88 Å². The lowest BCUT2D eigenvalue weighted by molar-refractivity contribution is -0.144. The summed E-state index contributed by atoms with van der Waals surface area (Å²) in [5.41, 5.74) is 3.73. The van der Waals surface area contributed by atoms with Gasteiger partial charge in [-0.1, -0.05) is 19.9 Å². The molecule has 2 N–H and O–H groups in total. The number of pyridine rings is 2. The molecule has 0 aliphatic carbocycles. The monoisotopic (exact) mass is 486 g/mol. The minimum absolute atomic E-state index is 0.0763. The predicted octanol–water partition coefficient (Wildman–Crippen LogP) is 3.47. The highest BCUT2D eigenvalue weighted by atomic mass is 16.5. The fraction of sp³-hybridized carbons (Fsp3) is 0.333. The van der Waals surface area contributed by atoms with E-state index in [2.05, 4.69) is 26.1 Å². The summed E-state index contributed by atoms with van der Waals surface area (Å²) < 4.78 is 5.95. The Morgan fingerprint density at radius 3 is 2.61 bits per heavy atom. The molecule has 1 aromatic carbocycles. The van der Waals surface area contributed by atoms with Crippen LogP contribution in [0.25, 0.3) is 22.2 Å². The first-order chi connectivity index (χ1) is 17.5. The third-order valence-corrected chi connectivity index (χ3v) is 6.44. The molecule has 1 unspecified atom stereocenters. The highest BCUT2D eigenvalue weighted by Crippen LogP contribution is 2.26. The van der Waals surface area contributed by atoms with Crippen LogP contribution in [0.5, 0.6) is 11.6 Å². The van der Waals surface area contributed by atoms with E-state index in [-0.39, 0.29) is 11.8 Å². The maximum atomic E-state index is 12.4. The van der Waals surface area contributed by atoms with Gasteiger partial charge in [-0.05, 0) is 42.3 Å². The van der Waals surface area contributed by atoms with E-state index in [0.29, 0.717) is 24.7 Å². The van der Waals surface area contributed by atoms with Gasteiger partial charge in [-0.15, -0.1) is 0 Å². The van der Waals surface area contributed by atoms with Gasteiger partial charge >= 0.3 is 0 Å². The molecule has 3 aromatic heterocycles. The summed E-state index contributed by atoms with van der Waals surface area (Å²) in [5, 5.41) is 17.9. The predicted molar refractivity (Wildman–Crippen MR) is 136 cm³/mol. The SMILES string of the molecule is CC(C)C(O)C(=O)N1CCN(Cc2ccc3cc(Oc4ccc(-c5ccn[nH]5)cn4)ccc3n2)CC1. The standard InChI is InChI=1S/C27H30N6O3/c1-18(2)26(34)27(35)33-13-11-32(12-14-33)17-21-5-3-19-15-22(6-7-23(19)30-21)36-25-8-4-20(16-28-25)24-9-10-29-31-24/h3-10,15-16,18,26,34H,11-14,17H2,1-2H3,(H,29,31). The van der Waals surface area contributed by atoms with Crippen LogP contribution in [-0.4, -0.2) is 73.3 Å². The van der Waals surface area contributed by atoms with Gasteiger partial charge in [-0.2, -0.15) is 5.10 Å². The van der Waals surface area contributed by atoms with Crippen molar-refractivity contribution in [2.75, 3.05) is 26.2 Å². The Morgan fingerprint density at radius 2 is 1.92 bits per heavy atom. The number of aliphatic hydroxyl groups excluding tert-OH is 1. The number of carbonyl (C=O) groups is 1. The van der Waals surface area contributed by atoms with E-state index in [1.54, 1.807) is 17.3 Å². The molecule has 4 heterocycles. The zero-order chi connectivity index (χ0) is 25.1. The molecule has 186 valence electrons. The van der Waals surface area contributed by atoms with E-state index in [9.17, 15) is 9.90 Å². The second-order valence-electron chi connectivity index (χ2n) is 9.40. The molecule has 1 atom stereocenters. The van der Waals surface area contributed by atoms with Gasteiger partial charge in [-0.3, -0.25) is 19.8 Å². The third-order valence-electron chi connectivity index (χ3n) is 6.44. The van der Waals surface area contributed by atoms with Gasteiger partial charge in [-0.25, -0.2) is 4.98 Å². The van der Waals surface area contributed by atoms with E-state index in [4.69, 9.17) is 9.72 Å². The van der Waals surface area contributed by atoms with E-state index < -0.39 is 6.10 Å². The molecule has 0 radical (unpaired) electrons. The molecule has 36 heavy (non-hydrogen) atoms. The van der Waals surface area contributed by atoms with Crippen molar-refractivity contribution in [3.8, 4) is 22.9 Å². The minimum Gasteiger partial charge on any atom is -0.439 e. The molecular formula is C27H30N6O3. The molecule has 1 fully saturated rings. The summed E-state index contributed by atoms with van der Waals surface area (Å²) in [7, 11) is 0. The second-order valence-corrected chi connectivity index (χ2v) is 9.40. The highest BCUT2D eigenvalue weighted by molar-refractivity contribution is 5.81. The van der Waals surface area contributed by atoms with Crippen LogP contribution in [0.1, 0.15) is 19.5 Å². The summed E-state index contributed by atoms with van der Waals surface area (Å²) in [6.07, 6.45) is 2.53. The fourth-order valence-electron chi connectivity index (χ4n) is 4.26. The number of carbonyl (C=O) groups excluding carboxylic acids is 1. The largest absolute Gasteiger partial charge is 0.439 e. The lowest BCUT2D eigenvalue weighted by atomic mass is 10.1. The van der Waals surface area contributed by atoms with Gasteiger partial charge < -0.3 is 14.7 Å². The van der Waals surface area contributed by atoms with Crippen molar-refractivity contribution in [3.63, 3.8) is 0 Å². The minimum atomic E-state index is -0.926. The Hall–Kier alpha value is -3.82. The number of aliphatic hydroxyl groups is 1. The van der Waals surface area contributed by atoms with Crippen LogP contribution in [0, 0.1) is 5.92 Å². The first-order valence-electron chi connectivity index (χ1n) is 12.2. The molecule has 1 aliphatic rings. The van der Waals surface area contributed by atoms with Gasteiger partial charge in [0.1, 0.15) is 11.9 Å². The normalized spacial score (nSPS) is 15.4. The van der Waals surface area contributed by atoms with Gasteiger partial charge in [0.05, 0.1) is 16.9 Å². The summed E-state index contributed by atoms with van der Waals surface area (Å²) in [6.45, 7) is 7.19. The molecule has 9 heteroatoms. The maximum absolute atomic E-state index is 12.4. The summed E-state index contributed by atoms with van der Waals surface area (Å²) in [5.74, 6) is 0.965. The number of amides is 1. The number of aromatic nitrogens is 4. The highest BCUT2D eigenvalue weighted by Gasteiger charge is 2.27. The zero-order valence-corrected chi connectivity index (χ0v) is 20.5. The lowest BCUT2D eigenvalue weighted by Crippen LogP contribution is -2.52. The second kappa shape index (κ2) is 10.4. The summed E-state index contributed by atoms with van der Waals surface area (Å²) in [4.78, 5) is 25.6. The van der Waals surface area contributed by atoms with Crippen molar-refractivity contribution in [1.29, 1.82) is 0 Å². The number of ether oxygens (including phenoxy) is 1. The van der Waals surface area contributed by atoms with E-state index in [1.807, 2.05) is 56.3 Å². The van der Waals surface area contributed by atoms with Crippen LogP contribution in [-0.2, 0) is 11.3 Å². The van der Waals surface area contributed by atoms with Gasteiger partial charge in [0.15, 0.2) is 0 Å². The first kappa shape index (κ1) is 23.9. The number of benzene rings is 1. The lowest BCUT2D eigenvalue weighted by Gasteiger charge is -2.36. The van der Waals surface area contributed by atoms with Crippen LogP contribution in [0.2, 0.25) is 0 Å². The Balaban J connectivity index is 1.19. The number of hydrogen-bond acceptors (Lipinski definition) is 7. The van der Waals surface area contributed by atoms with Crippen molar-refractivity contribution < 1.29 is 14.6 Å². The van der Waals surface area contributed by atoms with E-state index >= 15 is 0 Å². The molecule has 1 saturated heterocycles. The average Bonchev–Trinajstić information content (AvgIpc) is 3.44. The smallest absolute Gasteiger partial charge is 0.251 e. The number of hydrogen-bond donors (Lipinski definition) is 2. The van der Waals surface area contributed by atoms with Gasteiger partial charge in [0.25, 0.3) is 5.91 Å². The molecule has 0 saturated carbocycles. The maximum Gasteiger partial charge on any atom is 0.251 e. The van der Waals surface area contributed by atoms with Crippen LogP contribution >= 0.6 is 0 Å². The number of nitrogens with one attached hydrogen (secondary N) is 1. The van der Waals surface area contributed by atoms with Crippen molar-refractivity contribution in [2.24, 2.45) is 5.92 Å². The molecule has 5 rings (SSSR count). The molecule has 4 aromatic rings. The fourth-order valence-corrected chi connectivity index (χ4v) is 4.26. The zero-order valence-electron chi connectivity index (χ0n) is 20.5. The molecule has 1 amide bonds. The van der Waals surface area contributed by atoms with Crippen molar-refractivity contribution in [2.45, 2.75) is 26.5 Å². The topological polar surface area (TPSA) is 107 Å². The van der Waals surface area contributed by atoms with Crippen LogP contribution in [0.3, 0.4) is 0 Å². The van der Waals surface area contributed by atoms with Gasteiger partial charge in [0, 0.05) is 62.1 Å². The van der Waals surface area contributed by atoms with Crippen LogP contribution in [0.4, 0.5) is 0 Å². The number of H-pyrrole nitrogens is 1. The molecule has 1 aliphatic heterocycles. The van der Waals surface area contributed by atoms with Crippen molar-refractivity contribution >= 4 is 16.8 Å². The first-order valence-corrected chi connectivity index (χ1v) is 12.2. The van der Waals surface area contributed by atoms with E-state index in [1.165, 1.54) is 0 Å². The third kappa shape index (κ3) is 5.37. The quantitative estimate of drug-likeness (QED) is 0.412. The number of aromatic amines is 1. The number of nitrogens with zero attached hydrogens (tertiary/aromatic N) is 5. The average molecular weight is 487 g/mol. The Bertz CT molecular complexity index is 1320. The molecule has 0 bridgehead atoms. The molecule has 9 nitrogen and oxygen atoms in total. The number of rotatable bonds is 7. The van der Waals surface area contributed by atoms with Crippen molar-refractivity contribution in [1.82, 2.24) is 30.0 Å². The Morgan fingerprint density at radius 1 is 1.08 bits per heavy atom. The van der Waals surface area contributed by atoms with E-state index in [0.717, 1.165) is 47.5 Å². The summed E-state index contributed by atoms with van der Waals surface area (Å²) in [6, 6.07) is 15.6. The Labute approximate surface area is 209 Å². The van der Waals surface area contributed by atoms with Crippen molar-refractivity contribution in [3.05, 3.63) is 66.6 Å². The number of fused-ring (bicyclic) bond motifs is 1. The summed E-state index contributed by atoms with van der Waals surface area (Å²) >= 11 is 0. The van der Waals surface area contributed by atoms with Crippen LogP contribution < -0.4 is 4.74 Å². The van der Waals surface area contributed by atoms with Crippen LogP contribution in [0.15, 0.2) is 60.9 Å². The number of piperazine rings is 1.